The number of amides is 1. The van der Waals surface area contributed by atoms with Crippen LogP contribution in [0.1, 0.15) is 50.9 Å². The van der Waals surface area contributed by atoms with Gasteiger partial charge in [-0.3, -0.25) is 4.79 Å². The van der Waals surface area contributed by atoms with Gasteiger partial charge in [0.05, 0.1) is 12.7 Å². The molecule has 4 rings (SSSR count). The summed E-state index contributed by atoms with van der Waals surface area (Å²) in [7, 11) is 1.33. The van der Waals surface area contributed by atoms with Crippen molar-refractivity contribution in [1.29, 1.82) is 0 Å². The number of carbonyl (C=O) groups excluding carboxylic acids is 2. The molecule has 0 fully saturated rings. The molecule has 1 aliphatic rings. The lowest BCUT2D eigenvalue weighted by Gasteiger charge is -2.20. The van der Waals surface area contributed by atoms with E-state index in [2.05, 4.69) is 12.2 Å². The summed E-state index contributed by atoms with van der Waals surface area (Å²) in [6.45, 7) is 2.16. The highest BCUT2D eigenvalue weighted by Crippen LogP contribution is 2.40. The molecule has 1 amide bonds. The monoisotopic (exact) mass is 411 g/mol. The number of carbonyl (C=O) groups is 2. The topological polar surface area (TPSA) is 85.6 Å². The van der Waals surface area contributed by atoms with Crippen LogP contribution in [-0.4, -0.2) is 19.0 Å². The summed E-state index contributed by atoms with van der Waals surface area (Å²) < 4.78 is 10.2. The maximum absolute atomic E-state index is 12.9. The molecule has 0 bridgehead atoms. The Hall–Kier alpha value is -2.93. The van der Waals surface area contributed by atoms with Crippen molar-refractivity contribution in [2.75, 3.05) is 12.4 Å². The van der Waals surface area contributed by atoms with Gasteiger partial charge in [-0.25, -0.2) is 9.59 Å². The molecule has 1 aliphatic carbocycles. The number of hydrogen-bond donors (Lipinski definition) is 1. The molecule has 1 atom stereocenters. The first kappa shape index (κ1) is 19.4. The molecule has 1 N–H and O–H groups in total. The normalized spacial score (nSPS) is 15.7. The average molecular weight is 411 g/mol. The number of methoxy groups -OCH3 is 1. The number of para-hydroxylation sites is 1. The second kappa shape index (κ2) is 7.83. The maximum Gasteiger partial charge on any atom is 0.349 e. The van der Waals surface area contributed by atoms with E-state index in [9.17, 15) is 14.4 Å². The van der Waals surface area contributed by atoms with Crippen LogP contribution in [0.2, 0.25) is 0 Å². The smallest absolute Gasteiger partial charge is 0.349 e. The van der Waals surface area contributed by atoms with Crippen molar-refractivity contribution in [3.63, 3.8) is 0 Å². The molecular weight excluding hydrogens is 390 g/mol. The first-order chi connectivity index (χ1) is 14.0. The zero-order valence-electron chi connectivity index (χ0n) is 16.2. The van der Waals surface area contributed by atoms with Crippen LogP contribution in [0.15, 0.2) is 39.5 Å². The number of fused-ring (bicyclic) bond motifs is 2. The Labute approximate surface area is 171 Å². The van der Waals surface area contributed by atoms with Crippen LogP contribution in [-0.2, 0) is 17.6 Å². The number of esters is 1. The van der Waals surface area contributed by atoms with Crippen LogP contribution in [0.3, 0.4) is 0 Å². The maximum atomic E-state index is 12.9. The van der Waals surface area contributed by atoms with Crippen LogP contribution >= 0.6 is 11.3 Å². The van der Waals surface area contributed by atoms with E-state index in [0.717, 1.165) is 36.1 Å². The van der Waals surface area contributed by atoms with Crippen molar-refractivity contribution >= 4 is 39.2 Å². The quantitative estimate of drug-likeness (QED) is 0.508. The molecule has 29 heavy (non-hydrogen) atoms. The van der Waals surface area contributed by atoms with Gasteiger partial charge in [-0.05, 0) is 42.9 Å². The van der Waals surface area contributed by atoms with Crippen LogP contribution in [0.25, 0.3) is 11.0 Å². The van der Waals surface area contributed by atoms with E-state index in [1.165, 1.54) is 24.5 Å². The average Bonchev–Trinajstić information content (AvgIpc) is 3.09. The summed E-state index contributed by atoms with van der Waals surface area (Å²) in [4.78, 5) is 38.7. The van der Waals surface area contributed by atoms with Gasteiger partial charge in [0.2, 0.25) is 0 Å². The fraction of sp³-hybridized carbons (Fsp3) is 0.318. The number of anilines is 1. The minimum atomic E-state index is -0.715. The van der Waals surface area contributed by atoms with Crippen LogP contribution in [0.5, 0.6) is 0 Å². The second-order valence-corrected chi connectivity index (χ2v) is 8.26. The fourth-order valence-corrected chi connectivity index (χ4v) is 5.14. The summed E-state index contributed by atoms with van der Waals surface area (Å²) in [5, 5.41) is 3.84. The molecule has 0 aliphatic heterocycles. The van der Waals surface area contributed by atoms with Gasteiger partial charge in [0.1, 0.15) is 16.1 Å². The molecule has 0 saturated heterocycles. The predicted molar refractivity (Wildman–Crippen MR) is 112 cm³/mol. The van der Waals surface area contributed by atoms with Crippen LogP contribution in [0, 0.1) is 5.92 Å². The van der Waals surface area contributed by atoms with Crippen molar-refractivity contribution in [1.82, 2.24) is 0 Å². The Kier molecular flexibility index (Phi) is 5.24. The van der Waals surface area contributed by atoms with Crippen molar-refractivity contribution < 1.29 is 18.7 Å². The number of hydrogen-bond acceptors (Lipinski definition) is 6. The molecule has 2 aromatic heterocycles. The summed E-state index contributed by atoms with van der Waals surface area (Å²) in [6.07, 6.45) is 3.74. The van der Waals surface area contributed by atoms with E-state index in [4.69, 9.17) is 9.15 Å². The van der Waals surface area contributed by atoms with Gasteiger partial charge in [0.15, 0.2) is 0 Å². The summed E-state index contributed by atoms with van der Waals surface area (Å²) >= 11 is 1.39. The van der Waals surface area contributed by atoms with E-state index in [-0.39, 0.29) is 5.56 Å². The third-order valence-electron chi connectivity index (χ3n) is 5.45. The zero-order valence-corrected chi connectivity index (χ0v) is 17.1. The predicted octanol–water partition coefficient (Wildman–Crippen LogP) is 4.41. The van der Waals surface area contributed by atoms with Gasteiger partial charge >= 0.3 is 11.6 Å². The number of nitrogens with one attached hydrogen (secondary N) is 1. The number of benzene rings is 1. The molecule has 150 valence electrons. The van der Waals surface area contributed by atoms with Gasteiger partial charge in [-0.1, -0.05) is 31.5 Å². The highest BCUT2D eigenvalue weighted by molar-refractivity contribution is 7.17. The third kappa shape index (κ3) is 3.58. The highest BCUT2D eigenvalue weighted by atomic mass is 32.1. The Balaban J connectivity index is 1.71. The molecule has 7 heteroatoms. The standard InChI is InChI=1S/C22H21NO5S/c1-3-12-8-9-14-17(10-12)29-20(18(14)22(26)27-2)23-19(24)15-11-13-6-4-5-7-16(13)28-21(15)25/h4-7,11-12H,3,8-10H2,1-2H3,(H,23,24). The van der Waals surface area contributed by atoms with Crippen molar-refractivity contribution in [3.8, 4) is 0 Å². The number of rotatable bonds is 4. The molecule has 6 nitrogen and oxygen atoms in total. The van der Waals surface area contributed by atoms with Crippen molar-refractivity contribution in [2.45, 2.75) is 32.6 Å². The highest BCUT2D eigenvalue weighted by Gasteiger charge is 2.30. The lowest BCUT2D eigenvalue weighted by atomic mass is 9.85. The summed E-state index contributed by atoms with van der Waals surface area (Å²) in [5.74, 6) is -0.499. The Morgan fingerprint density at radius 1 is 1.31 bits per heavy atom. The van der Waals surface area contributed by atoms with Gasteiger partial charge in [-0.2, -0.15) is 0 Å². The molecule has 2 heterocycles. The Morgan fingerprint density at radius 2 is 2.10 bits per heavy atom. The Morgan fingerprint density at radius 3 is 2.86 bits per heavy atom. The zero-order chi connectivity index (χ0) is 20.5. The number of thiophene rings is 1. The van der Waals surface area contributed by atoms with Crippen LogP contribution in [0.4, 0.5) is 5.00 Å². The Bertz CT molecular complexity index is 1160. The van der Waals surface area contributed by atoms with E-state index >= 15 is 0 Å². The van der Waals surface area contributed by atoms with E-state index in [1.54, 1.807) is 24.3 Å². The molecule has 0 saturated carbocycles. The molecule has 1 unspecified atom stereocenters. The largest absolute Gasteiger partial charge is 0.465 e. The summed E-state index contributed by atoms with van der Waals surface area (Å²) in [5.41, 5.74) is 0.958. The first-order valence-corrected chi connectivity index (χ1v) is 10.4. The van der Waals surface area contributed by atoms with Crippen molar-refractivity contribution in [2.24, 2.45) is 5.92 Å². The second-order valence-electron chi connectivity index (χ2n) is 7.16. The molecule has 0 radical (unpaired) electrons. The third-order valence-corrected chi connectivity index (χ3v) is 6.62. The SMILES string of the molecule is CCC1CCc2c(sc(NC(=O)c3cc4ccccc4oc3=O)c2C(=O)OC)C1. The van der Waals surface area contributed by atoms with Crippen LogP contribution < -0.4 is 10.9 Å². The molecular formula is C22H21NO5S. The van der Waals surface area contributed by atoms with Gasteiger partial charge in [0, 0.05) is 10.3 Å². The van der Waals surface area contributed by atoms with E-state index in [1.807, 2.05) is 0 Å². The fourth-order valence-electron chi connectivity index (χ4n) is 3.80. The molecule has 0 spiro atoms. The molecule has 3 aromatic rings. The van der Waals surface area contributed by atoms with Gasteiger partial charge in [-0.15, -0.1) is 11.3 Å². The lowest BCUT2D eigenvalue weighted by Crippen LogP contribution is -2.21. The van der Waals surface area contributed by atoms with Crippen molar-refractivity contribution in [3.05, 3.63) is 62.3 Å². The van der Waals surface area contributed by atoms with E-state index < -0.39 is 17.5 Å². The van der Waals surface area contributed by atoms with Gasteiger partial charge < -0.3 is 14.5 Å². The lowest BCUT2D eigenvalue weighted by molar-refractivity contribution is 0.0601. The van der Waals surface area contributed by atoms with E-state index in [0.29, 0.717) is 27.5 Å². The minimum absolute atomic E-state index is 0.0997. The molecule has 1 aromatic carbocycles. The summed E-state index contributed by atoms with van der Waals surface area (Å²) in [6, 6.07) is 8.51. The minimum Gasteiger partial charge on any atom is -0.465 e. The number of ether oxygens (including phenoxy) is 1. The first-order valence-electron chi connectivity index (χ1n) is 9.58. The van der Waals surface area contributed by atoms with Gasteiger partial charge in [0.25, 0.3) is 5.91 Å².